The molecule has 2 aromatic heterocycles. The summed E-state index contributed by atoms with van der Waals surface area (Å²) in [7, 11) is 0. The molecule has 0 unspecified atom stereocenters. The van der Waals surface area contributed by atoms with E-state index in [-0.39, 0.29) is 0 Å². The lowest BCUT2D eigenvalue weighted by Gasteiger charge is -2.26. The molecule has 0 saturated heterocycles. The summed E-state index contributed by atoms with van der Waals surface area (Å²) in [5.74, 6) is 0. The summed E-state index contributed by atoms with van der Waals surface area (Å²) in [4.78, 5) is 2.32. The van der Waals surface area contributed by atoms with Crippen LogP contribution in [-0.2, 0) is 0 Å². The van der Waals surface area contributed by atoms with Gasteiger partial charge in [0.25, 0.3) is 0 Å². The van der Waals surface area contributed by atoms with Gasteiger partial charge in [0, 0.05) is 38.9 Å². The SMILES string of the molecule is c1ccc(-c2cc(N(c3ccc(-c4cccc5ccccc45)cc3)c3ccc4c(c3)oc3ccccc34)c3oc4c(-c5ccccc5)cccc4c3c2)cc1. The highest BCUT2D eigenvalue weighted by Crippen LogP contribution is 2.47. The number of fused-ring (bicyclic) bond motifs is 7. The Morgan fingerprint density at radius 3 is 1.76 bits per heavy atom. The van der Waals surface area contributed by atoms with Crippen LogP contribution in [0.5, 0.6) is 0 Å². The molecule has 0 aliphatic rings. The maximum atomic E-state index is 7.10. The fraction of sp³-hybridized carbons (Fsp3) is 0. The van der Waals surface area contributed by atoms with Crippen LogP contribution in [0, 0.1) is 0 Å². The predicted octanol–water partition coefficient (Wildman–Crippen LogP) is 15.1. The molecular weight excluding hydrogens is 671 g/mol. The maximum Gasteiger partial charge on any atom is 0.159 e. The zero-order valence-electron chi connectivity index (χ0n) is 29.8. The second-order valence-electron chi connectivity index (χ2n) is 14.1. The van der Waals surface area contributed by atoms with Gasteiger partial charge < -0.3 is 13.7 Å². The molecule has 0 N–H and O–H groups in total. The molecule has 0 bridgehead atoms. The number of hydrogen-bond acceptors (Lipinski definition) is 3. The van der Waals surface area contributed by atoms with Crippen molar-refractivity contribution in [2.45, 2.75) is 0 Å². The van der Waals surface area contributed by atoms with Gasteiger partial charge in [0.05, 0.1) is 11.4 Å². The zero-order chi connectivity index (χ0) is 36.3. The lowest BCUT2D eigenvalue weighted by molar-refractivity contribution is 0.668. The number of nitrogens with zero attached hydrogens (tertiary/aromatic N) is 1. The van der Waals surface area contributed by atoms with Crippen molar-refractivity contribution < 1.29 is 8.83 Å². The minimum atomic E-state index is 0.820. The predicted molar refractivity (Wildman–Crippen MR) is 229 cm³/mol. The molecule has 0 radical (unpaired) electrons. The Morgan fingerprint density at radius 1 is 0.309 bits per heavy atom. The molecule has 0 amide bonds. The van der Waals surface area contributed by atoms with Crippen LogP contribution >= 0.6 is 0 Å². The first-order chi connectivity index (χ1) is 27.3. The number of para-hydroxylation sites is 2. The molecule has 0 spiro atoms. The van der Waals surface area contributed by atoms with Crippen molar-refractivity contribution in [2.75, 3.05) is 4.90 Å². The van der Waals surface area contributed by atoms with E-state index in [1.54, 1.807) is 0 Å². The highest BCUT2D eigenvalue weighted by atomic mass is 16.3. The second kappa shape index (κ2) is 12.6. The van der Waals surface area contributed by atoms with E-state index in [4.69, 9.17) is 8.83 Å². The van der Waals surface area contributed by atoms with Gasteiger partial charge in [-0.15, -0.1) is 0 Å². The van der Waals surface area contributed by atoms with Gasteiger partial charge in [0.1, 0.15) is 16.7 Å². The Balaban J connectivity index is 1.18. The quantitative estimate of drug-likeness (QED) is 0.173. The molecule has 11 aromatic rings. The summed E-state index contributed by atoms with van der Waals surface area (Å²) >= 11 is 0. The third kappa shape index (κ3) is 5.20. The largest absolute Gasteiger partial charge is 0.456 e. The van der Waals surface area contributed by atoms with Gasteiger partial charge in [-0.1, -0.05) is 152 Å². The number of anilines is 3. The van der Waals surface area contributed by atoms with E-state index >= 15 is 0 Å². The fourth-order valence-electron chi connectivity index (χ4n) is 8.24. The first-order valence-electron chi connectivity index (χ1n) is 18.7. The van der Waals surface area contributed by atoms with Gasteiger partial charge in [-0.3, -0.25) is 0 Å². The molecule has 9 aromatic carbocycles. The van der Waals surface area contributed by atoms with Crippen molar-refractivity contribution >= 4 is 71.7 Å². The monoisotopic (exact) mass is 703 g/mol. The average molecular weight is 704 g/mol. The molecule has 0 atom stereocenters. The summed E-state index contributed by atoms with van der Waals surface area (Å²) < 4.78 is 13.6. The third-order valence-corrected chi connectivity index (χ3v) is 10.9. The Hall–Kier alpha value is -7.36. The molecule has 55 heavy (non-hydrogen) atoms. The Labute approximate surface area is 317 Å². The van der Waals surface area contributed by atoms with Crippen LogP contribution < -0.4 is 4.90 Å². The van der Waals surface area contributed by atoms with Gasteiger partial charge in [-0.2, -0.15) is 0 Å². The molecule has 0 saturated carbocycles. The van der Waals surface area contributed by atoms with Crippen molar-refractivity contribution in [3.05, 3.63) is 200 Å². The molecule has 2 heterocycles. The minimum absolute atomic E-state index is 0.820. The van der Waals surface area contributed by atoms with Gasteiger partial charge >= 0.3 is 0 Å². The first-order valence-corrected chi connectivity index (χ1v) is 18.7. The number of rotatable bonds is 6. The van der Waals surface area contributed by atoms with E-state index in [1.807, 2.05) is 12.1 Å². The van der Waals surface area contributed by atoms with Crippen LogP contribution in [0.2, 0.25) is 0 Å². The lowest BCUT2D eigenvalue weighted by Crippen LogP contribution is -2.10. The summed E-state index contributed by atoms with van der Waals surface area (Å²) in [5.41, 5.74) is 13.1. The van der Waals surface area contributed by atoms with Crippen LogP contribution in [0.1, 0.15) is 0 Å². The summed E-state index contributed by atoms with van der Waals surface area (Å²) in [6, 6.07) is 70.9. The van der Waals surface area contributed by atoms with Gasteiger partial charge in [0.15, 0.2) is 5.58 Å². The van der Waals surface area contributed by atoms with E-state index in [0.29, 0.717) is 0 Å². The van der Waals surface area contributed by atoms with Gasteiger partial charge in [-0.25, -0.2) is 0 Å². The second-order valence-corrected chi connectivity index (χ2v) is 14.1. The number of furan rings is 2. The summed E-state index contributed by atoms with van der Waals surface area (Å²) in [6.45, 7) is 0. The van der Waals surface area contributed by atoms with Crippen molar-refractivity contribution in [1.82, 2.24) is 0 Å². The molecule has 0 aliphatic heterocycles. The van der Waals surface area contributed by atoms with Crippen molar-refractivity contribution in [3.63, 3.8) is 0 Å². The van der Waals surface area contributed by atoms with Crippen LogP contribution in [0.25, 0.3) is 88.0 Å². The molecule has 258 valence electrons. The number of benzene rings is 9. The fourth-order valence-corrected chi connectivity index (χ4v) is 8.24. The van der Waals surface area contributed by atoms with E-state index in [2.05, 4.69) is 193 Å². The van der Waals surface area contributed by atoms with E-state index in [1.165, 1.54) is 16.3 Å². The van der Waals surface area contributed by atoms with Gasteiger partial charge in [0.2, 0.25) is 0 Å². The average Bonchev–Trinajstić information content (AvgIpc) is 3.83. The van der Waals surface area contributed by atoms with Crippen molar-refractivity contribution in [3.8, 4) is 33.4 Å². The van der Waals surface area contributed by atoms with Crippen LogP contribution in [-0.4, -0.2) is 0 Å². The van der Waals surface area contributed by atoms with E-state index < -0.39 is 0 Å². The molecule has 3 nitrogen and oxygen atoms in total. The molecule has 11 rings (SSSR count). The van der Waals surface area contributed by atoms with Crippen molar-refractivity contribution in [2.24, 2.45) is 0 Å². The highest BCUT2D eigenvalue weighted by molar-refractivity contribution is 6.15. The van der Waals surface area contributed by atoms with Gasteiger partial charge in [-0.05, 0) is 81.1 Å². The minimum Gasteiger partial charge on any atom is -0.456 e. The molecular formula is C52H33NO2. The first kappa shape index (κ1) is 31.2. The van der Waals surface area contributed by atoms with Crippen LogP contribution in [0.15, 0.2) is 209 Å². The molecule has 3 heteroatoms. The smallest absolute Gasteiger partial charge is 0.159 e. The lowest BCUT2D eigenvalue weighted by atomic mass is 9.97. The van der Waals surface area contributed by atoms with Crippen LogP contribution in [0.3, 0.4) is 0 Å². The van der Waals surface area contributed by atoms with E-state index in [0.717, 1.165) is 88.8 Å². The zero-order valence-corrected chi connectivity index (χ0v) is 29.8. The Bertz CT molecular complexity index is 3190. The summed E-state index contributed by atoms with van der Waals surface area (Å²) in [6.07, 6.45) is 0. The standard InChI is InChI=1S/C52H33NO2/c1-3-13-34(14-4-1)38-31-47-46-23-12-22-43(36-15-5-2-6-16-36)51(46)55-52(47)48(32-38)53(40-29-30-45-44-20-9-10-24-49(44)54-50(45)33-40)39-27-25-37(26-28-39)42-21-11-18-35-17-7-8-19-41(35)42/h1-33H. The molecule has 0 aliphatic carbocycles. The topological polar surface area (TPSA) is 29.5 Å². The Morgan fingerprint density at radius 2 is 0.927 bits per heavy atom. The molecule has 0 fully saturated rings. The highest BCUT2D eigenvalue weighted by Gasteiger charge is 2.23. The van der Waals surface area contributed by atoms with Crippen LogP contribution in [0.4, 0.5) is 17.1 Å². The van der Waals surface area contributed by atoms with E-state index in [9.17, 15) is 0 Å². The normalized spacial score (nSPS) is 11.6. The summed E-state index contributed by atoms with van der Waals surface area (Å²) in [5, 5.41) is 6.79. The third-order valence-electron chi connectivity index (χ3n) is 10.9. The van der Waals surface area contributed by atoms with Crippen molar-refractivity contribution in [1.29, 1.82) is 0 Å². The maximum absolute atomic E-state index is 7.10. The Kier molecular flexibility index (Phi) is 7.17. The number of hydrogen-bond donors (Lipinski definition) is 0.